The Morgan fingerprint density at radius 2 is 1.96 bits per heavy atom. The van der Waals surface area contributed by atoms with Gasteiger partial charge in [-0.1, -0.05) is 41.6 Å². The number of anilines is 1. The lowest BCUT2D eigenvalue weighted by Gasteiger charge is -2.11. The zero-order valence-electron chi connectivity index (χ0n) is 14.3. The van der Waals surface area contributed by atoms with Crippen LogP contribution in [0, 0.1) is 6.92 Å². The van der Waals surface area contributed by atoms with Crippen molar-refractivity contribution in [2.24, 2.45) is 0 Å². The van der Waals surface area contributed by atoms with Crippen molar-refractivity contribution in [1.29, 1.82) is 0 Å². The number of alkyl halides is 2. The molecule has 0 unspecified atom stereocenters. The molecule has 140 valence electrons. The van der Waals surface area contributed by atoms with Crippen molar-refractivity contribution in [1.82, 2.24) is 14.8 Å². The van der Waals surface area contributed by atoms with Gasteiger partial charge in [0.25, 0.3) is 0 Å². The first-order valence-electron chi connectivity index (χ1n) is 7.96. The van der Waals surface area contributed by atoms with Crippen LogP contribution < -0.4 is 10.1 Å². The minimum absolute atomic E-state index is 0.0353. The summed E-state index contributed by atoms with van der Waals surface area (Å²) in [6.07, 6.45) is 1.57. The Labute approximate surface area is 158 Å². The van der Waals surface area contributed by atoms with E-state index < -0.39 is 6.61 Å². The van der Waals surface area contributed by atoms with Gasteiger partial charge in [-0.3, -0.25) is 9.36 Å². The summed E-state index contributed by atoms with van der Waals surface area (Å²) in [6.45, 7) is -0.976. The van der Waals surface area contributed by atoms with E-state index >= 15 is 0 Å². The number of carbonyl (C=O) groups excluding carboxylic acids is 1. The number of hydrogen-bond donors (Lipinski definition) is 1. The molecule has 1 aromatic heterocycles. The normalized spacial score (nSPS) is 10.8. The summed E-state index contributed by atoms with van der Waals surface area (Å²) in [7, 11) is 0. The van der Waals surface area contributed by atoms with E-state index in [-0.39, 0.29) is 23.1 Å². The second-order valence-electron chi connectivity index (χ2n) is 5.53. The number of thioether (sulfide) groups is 1. The first-order valence-corrected chi connectivity index (χ1v) is 8.95. The standard InChI is InChI=1S/C18H16F2N4O2S/c1-12-6-8-13(9-7-12)24-11-21-23-18(24)27-10-16(25)22-14-4-2-3-5-15(14)26-17(19)20/h2-9,11,17H,10H2,1H3,(H,22,25). The van der Waals surface area contributed by atoms with E-state index in [4.69, 9.17) is 0 Å². The number of aryl methyl sites for hydroxylation is 1. The summed E-state index contributed by atoms with van der Waals surface area (Å²) < 4.78 is 31.1. The highest BCUT2D eigenvalue weighted by Gasteiger charge is 2.14. The molecule has 1 N–H and O–H groups in total. The molecule has 2 aromatic carbocycles. The van der Waals surface area contributed by atoms with Crippen molar-refractivity contribution < 1.29 is 18.3 Å². The minimum atomic E-state index is -2.97. The predicted molar refractivity (Wildman–Crippen MR) is 98.5 cm³/mol. The molecule has 0 saturated heterocycles. The molecule has 0 aliphatic heterocycles. The van der Waals surface area contributed by atoms with Gasteiger partial charge in [0.1, 0.15) is 12.1 Å². The predicted octanol–water partition coefficient (Wildman–Crippen LogP) is 3.91. The average molecular weight is 390 g/mol. The highest BCUT2D eigenvalue weighted by molar-refractivity contribution is 7.99. The number of aromatic nitrogens is 3. The Bertz CT molecular complexity index is 916. The van der Waals surface area contributed by atoms with E-state index in [1.807, 2.05) is 31.2 Å². The lowest BCUT2D eigenvalue weighted by molar-refractivity contribution is -0.113. The Morgan fingerprint density at radius 1 is 1.22 bits per heavy atom. The fraction of sp³-hybridized carbons (Fsp3) is 0.167. The Balaban J connectivity index is 1.64. The van der Waals surface area contributed by atoms with Gasteiger partial charge < -0.3 is 10.1 Å². The van der Waals surface area contributed by atoms with Gasteiger partial charge in [-0.2, -0.15) is 8.78 Å². The monoisotopic (exact) mass is 390 g/mol. The molecule has 0 aliphatic rings. The molecule has 0 saturated carbocycles. The topological polar surface area (TPSA) is 69.0 Å². The average Bonchev–Trinajstić information content (AvgIpc) is 3.10. The number of amides is 1. The number of hydrogen-bond acceptors (Lipinski definition) is 5. The molecule has 9 heteroatoms. The quantitative estimate of drug-likeness (QED) is 0.620. The van der Waals surface area contributed by atoms with Crippen LogP contribution in [0.3, 0.4) is 0 Å². The molecule has 27 heavy (non-hydrogen) atoms. The van der Waals surface area contributed by atoms with Gasteiger partial charge >= 0.3 is 6.61 Å². The molecule has 0 aliphatic carbocycles. The number of carbonyl (C=O) groups is 1. The lowest BCUT2D eigenvalue weighted by atomic mass is 10.2. The number of nitrogens with one attached hydrogen (secondary N) is 1. The summed E-state index contributed by atoms with van der Waals surface area (Å²) in [5.41, 5.74) is 2.19. The third-order valence-electron chi connectivity index (χ3n) is 3.54. The van der Waals surface area contributed by atoms with Crippen LogP contribution in [-0.4, -0.2) is 33.0 Å². The summed E-state index contributed by atoms with van der Waals surface area (Å²) in [5.74, 6) is -0.425. The Hall–Kier alpha value is -2.94. The summed E-state index contributed by atoms with van der Waals surface area (Å²) in [4.78, 5) is 12.2. The first-order chi connectivity index (χ1) is 13.0. The van der Waals surface area contributed by atoms with Crippen LogP contribution in [0.2, 0.25) is 0 Å². The van der Waals surface area contributed by atoms with E-state index in [9.17, 15) is 13.6 Å². The maximum Gasteiger partial charge on any atom is 0.387 e. The van der Waals surface area contributed by atoms with Crippen molar-refractivity contribution in [3.63, 3.8) is 0 Å². The summed E-state index contributed by atoms with van der Waals surface area (Å²) in [5, 5.41) is 11.0. The molecule has 0 fully saturated rings. The maximum atomic E-state index is 12.4. The summed E-state index contributed by atoms with van der Waals surface area (Å²) in [6, 6.07) is 13.8. The summed E-state index contributed by atoms with van der Waals surface area (Å²) >= 11 is 1.19. The number of ether oxygens (including phenoxy) is 1. The number of rotatable bonds is 7. The first kappa shape index (κ1) is 18.8. The van der Waals surface area contributed by atoms with Crippen molar-refractivity contribution in [3.05, 3.63) is 60.4 Å². The number of nitrogens with zero attached hydrogens (tertiary/aromatic N) is 3. The lowest BCUT2D eigenvalue weighted by Crippen LogP contribution is -2.16. The molecule has 3 aromatic rings. The molecule has 3 rings (SSSR count). The van der Waals surface area contributed by atoms with Gasteiger partial charge in [0.05, 0.1) is 11.4 Å². The van der Waals surface area contributed by atoms with Crippen LogP contribution in [-0.2, 0) is 4.79 Å². The smallest absolute Gasteiger partial charge is 0.387 e. The molecule has 0 atom stereocenters. The molecule has 0 bridgehead atoms. The minimum Gasteiger partial charge on any atom is -0.433 e. The molecule has 1 amide bonds. The van der Waals surface area contributed by atoms with Crippen LogP contribution in [0.5, 0.6) is 5.75 Å². The van der Waals surface area contributed by atoms with Gasteiger partial charge in [0.15, 0.2) is 5.16 Å². The molecule has 0 spiro atoms. The second-order valence-corrected chi connectivity index (χ2v) is 6.47. The largest absolute Gasteiger partial charge is 0.433 e. The van der Waals surface area contributed by atoms with Gasteiger partial charge in [0.2, 0.25) is 5.91 Å². The van der Waals surface area contributed by atoms with Gasteiger partial charge in [-0.25, -0.2) is 0 Å². The number of halogens is 2. The third kappa shape index (κ3) is 5.04. The molecular formula is C18H16F2N4O2S. The fourth-order valence-electron chi connectivity index (χ4n) is 2.29. The maximum absolute atomic E-state index is 12.4. The van der Waals surface area contributed by atoms with Crippen molar-refractivity contribution in [2.75, 3.05) is 11.1 Å². The molecule has 0 radical (unpaired) electrons. The van der Waals surface area contributed by atoms with Gasteiger partial charge in [-0.15, -0.1) is 10.2 Å². The SMILES string of the molecule is Cc1ccc(-n2cnnc2SCC(=O)Nc2ccccc2OC(F)F)cc1. The van der Waals surface area contributed by atoms with Gasteiger partial charge in [0, 0.05) is 5.69 Å². The zero-order chi connectivity index (χ0) is 19.2. The van der Waals surface area contributed by atoms with Crippen LogP contribution in [0.15, 0.2) is 60.0 Å². The second kappa shape index (κ2) is 8.63. The van der Waals surface area contributed by atoms with E-state index in [1.165, 1.54) is 23.9 Å². The van der Waals surface area contributed by atoms with Crippen molar-refractivity contribution in [3.8, 4) is 11.4 Å². The Morgan fingerprint density at radius 3 is 2.70 bits per heavy atom. The highest BCUT2D eigenvalue weighted by Crippen LogP contribution is 2.26. The molecule has 1 heterocycles. The molecule has 6 nitrogen and oxygen atoms in total. The van der Waals surface area contributed by atoms with Crippen LogP contribution >= 0.6 is 11.8 Å². The van der Waals surface area contributed by atoms with Crippen LogP contribution in [0.4, 0.5) is 14.5 Å². The van der Waals surface area contributed by atoms with E-state index in [0.29, 0.717) is 5.16 Å². The van der Waals surface area contributed by atoms with Crippen molar-refractivity contribution >= 4 is 23.4 Å². The van der Waals surface area contributed by atoms with Crippen LogP contribution in [0.1, 0.15) is 5.56 Å². The van der Waals surface area contributed by atoms with Crippen LogP contribution in [0.25, 0.3) is 5.69 Å². The fourth-order valence-corrected chi connectivity index (χ4v) is 3.02. The van der Waals surface area contributed by atoms with E-state index in [1.54, 1.807) is 23.0 Å². The van der Waals surface area contributed by atoms with E-state index in [2.05, 4.69) is 20.3 Å². The number of benzene rings is 2. The van der Waals surface area contributed by atoms with E-state index in [0.717, 1.165) is 11.3 Å². The number of para-hydroxylation sites is 2. The molecular weight excluding hydrogens is 374 g/mol. The third-order valence-corrected chi connectivity index (χ3v) is 4.48. The Kier molecular flexibility index (Phi) is 6.02. The van der Waals surface area contributed by atoms with Gasteiger partial charge in [-0.05, 0) is 31.2 Å². The highest BCUT2D eigenvalue weighted by atomic mass is 32.2. The van der Waals surface area contributed by atoms with Crippen molar-refractivity contribution in [2.45, 2.75) is 18.7 Å². The zero-order valence-corrected chi connectivity index (χ0v) is 15.1.